The van der Waals surface area contributed by atoms with Crippen LogP contribution >= 0.6 is 0 Å². The number of ether oxygens (including phenoxy) is 1. The lowest BCUT2D eigenvalue weighted by molar-refractivity contribution is -0.137. The van der Waals surface area contributed by atoms with Crippen molar-refractivity contribution in [3.63, 3.8) is 0 Å². The highest BCUT2D eigenvalue weighted by atomic mass is 19.4. The molecule has 2 aliphatic heterocycles. The molecule has 3 aliphatic rings. The fourth-order valence-electron chi connectivity index (χ4n) is 6.99. The molecule has 1 aliphatic carbocycles. The first-order valence-electron chi connectivity index (χ1n) is 13.9. The minimum absolute atomic E-state index is 0.0921. The number of nitrogens with zero attached hydrogens (tertiary/aromatic N) is 1. The molecule has 5 rings (SSSR count). The van der Waals surface area contributed by atoms with Crippen molar-refractivity contribution in [2.24, 2.45) is 17.3 Å². The summed E-state index contributed by atoms with van der Waals surface area (Å²) in [6, 6.07) is 4.00. The van der Waals surface area contributed by atoms with E-state index in [9.17, 15) is 26.3 Å². The summed E-state index contributed by atoms with van der Waals surface area (Å²) in [5.41, 5.74) is 2.19. The molecule has 0 saturated carbocycles. The second-order valence-electron chi connectivity index (χ2n) is 11.7. The lowest BCUT2D eigenvalue weighted by atomic mass is 9.68. The lowest BCUT2D eigenvalue weighted by Gasteiger charge is -2.45. The van der Waals surface area contributed by atoms with Gasteiger partial charge < -0.3 is 19.9 Å². The number of H-pyrrole nitrogens is 1. The largest absolute Gasteiger partial charge is 0.416 e. The number of likely N-dealkylation sites (tertiary alicyclic amines) is 1. The topological polar surface area (TPSA) is 40.3 Å². The molecule has 1 aromatic heterocycles. The van der Waals surface area contributed by atoms with Gasteiger partial charge in [-0.15, -0.1) is 0 Å². The van der Waals surface area contributed by atoms with Crippen LogP contribution in [0.5, 0.6) is 0 Å². The highest BCUT2D eigenvalue weighted by molar-refractivity contribution is 5.86. The van der Waals surface area contributed by atoms with Crippen LogP contribution < -0.4 is 5.32 Å². The monoisotopic (exact) mass is 557 g/mol. The Hall–Kier alpha value is -2.04. The van der Waals surface area contributed by atoms with Gasteiger partial charge >= 0.3 is 12.4 Å². The van der Waals surface area contributed by atoms with Gasteiger partial charge in [0.15, 0.2) is 0 Å². The van der Waals surface area contributed by atoms with E-state index in [1.807, 2.05) is 6.08 Å². The van der Waals surface area contributed by atoms with Crippen molar-refractivity contribution in [2.45, 2.75) is 57.3 Å². The smallest absolute Gasteiger partial charge is 0.381 e. The summed E-state index contributed by atoms with van der Waals surface area (Å²) >= 11 is 0. The van der Waals surface area contributed by atoms with Gasteiger partial charge in [-0.05, 0) is 92.1 Å². The number of hydrogen-bond donors (Lipinski definition) is 2. The van der Waals surface area contributed by atoms with Gasteiger partial charge in [-0.3, -0.25) is 0 Å². The van der Waals surface area contributed by atoms with E-state index in [0.717, 1.165) is 74.6 Å². The van der Waals surface area contributed by atoms with Crippen LogP contribution in [0, 0.1) is 17.3 Å². The third kappa shape index (κ3) is 6.49. The normalized spacial score (nSPS) is 26.2. The number of fused-ring (bicyclic) bond motifs is 4. The van der Waals surface area contributed by atoms with E-state index in [0.29, 0.717) is 30.4 Å². The summed E-state index contributed by atoms with van der Waals surface area (Å²) in [6.45, 7) is 5.38. The van der Waals surface area contributed by atoms with E-state index in [1.165, 1.54) is 6.07 Å². The number of benzene rings is 1. The Bertz CT molecular complexity index is 1160. The summed E-state index contributed by atoms with van der Waals surface area (Å²) in [6.07, 6.45) is -0.173. The molecule has 1 aromatic carbocycles. The van der Waals surface area contributed by atoms with Crippen LogP contribution in [0.4, 0.5) is 26.3 Å². The molecule has 2 fully saturated rings. The second kappa shape index (κ2) is 11.1. The van der Waals surface area contributed by atoms with Gasteiger partial charge in [-0.2, -0.15) is 26.3 Å². The summed E-state index contributed by atoms with van der Waals surface area (Å²) < 4.78 is 83.2. The zero-order valence-corrected chi connectivity index (χ0v) is 22.2. The first-order valence-corrected chi connectivity index (χ1v) is 13.9. The number of nitrogens with one attached hydrogen (secondary N) is 2. The number of allylic oxidation sites excluding steroid dienone is 1. The van der Waals surface area contributed by atoms with Gasteiger partial charge in [0, 0.05) is 42.9 Å². The van der Waals surface area contributed by atoms with Crippen LogP contribution in [0.25, 0.3) is 10.9 Å². The molecule has 0 bridgehead atoms. The molecule has 0 radical (unpaired) electrons. The molecule has 3 heterocycles. The fraction of sp³-hybridized carbons (Fsp3) is 0.655. The van der Waals surface area contributed by atoms with Gasteiger partial charge in [0.1, 0.15) is 0 Å². The van der Waals surface area contributed by atoms with Crippen molar-refractivity contribution >= 4 is 10.9 Å². The standard InChI is InChI=1S/C29H37F6N3O/c1-19-23-17-38(12-7-27(8-13-39-14-9-27)6-2-10-36-18-28(30,31)32)11-5-20(23)15-25-26(19)22-16-21(29(33,34)35)3-4-24(22)37-25/h2-4,6,16,19-20,23,36-37H,5,7-15,17-18H2,1H3/b6-2+/t19-,20-,23-/m1/s1. The average Bonchev–Trinajstić information content (AvgIpc) is 3.25. The number of hydrogen-bond acceptors (Lipinski definition) is 3. The van der Waals surface area contributed by atoms with Crippen LogP contribution in [0.1, 0.15) is 55.3 Å². The van der Waals surface area contributed by atoms with E-state index >= 15 is 0 Å². The van der Waals surface area contributed by atoms with Crippen molar-refractivity contribution in [3.05, 3.63) is 47.2 Å². The summed E-state index contributed by atoms with van der Waals surface area (Å²) in [7, 11) is 0. The highest BCUT2D eigenvalue weighted by Gasteiger charge is 2.41. The Kier molecular flexibility index (Phi) is 8.10. The molecule has 3 atom stereocenters. The van der Waals surface area contributed by atoms with Crippen LogP contribution in [-0.2, 0) is 17.3 Å². The molecule has 2 N–H and O–H groups in total. The van der Waals surface area contributed by atoms with Crippen LogP contribution in [0.15, 0.2) is 30.4 Å². The van der Waals surface area contributed by atoms with E-state index in [4.69, 9.17) is 4.74 Å². The van der Waals surface area contributed by atoms with Crippen LogP contribution in [-0.4, -0.2) is 62.0 Å². The van der Waals surface area contributed by atoms with Crippen molar-refractivity contribution < 1.29 is 31.1 Å². The van der Waals surface area contributed by atoms with E-state index in [-0.39, 0.29) is 17.9 Å². The fourth-order valence-corrected chi connectivity index (χ4v) is 6.99. The van der Waals surface area contributed by atoms with Crippen LogP contribution in [0.2, 0.25) is 0 Å². The number of aromatic amines is 1. The first-order chi connectivity index (χ1) is 18.4. The molecule has 0 spiro atoms. The third-order valence-electron chi connectivity index (χ3n) is 9.18. The SMILES string of the molecule is C[C@H]1c2c([nH]c3ccc(C(F)(F)F)cc23)C[C@H]2CCN(CCC3(/C=C/CNCC(F)(F)F)CCOCC3)C[C@@H]21. The van der Waals surface area contributed by atoms with Crippen molar-refractivity contribution in [3.8, 4) is 0 Å². The van der Waals surface area contributed by atoms with Gasteiger partial charge in [0.25, 0.3) is 0 Å². The first kappa shape index (κ1) is 28.5. The Morgan fingerprint density at radius 1 is 1.15 bits per heavy atom. The second-order valence-corrected chi connectivity index (χ2v) is 11.7. The highest BCUT2D eigenvalue weighted by Crippen LogP contribution is 2.47. The molecular weight excluding hydrogens is 520 g/mol. The zero-order valence-electron chi connectivity index (χ0n) is 22.2. The zero-order chi connectivity index (χ0) is 27.8. The Labute approximate surface area is 225 Å². The van der Waals surface area contributed by atoms with E-state index in [2.05, 4.69) is 28.2 Å². The summed E-state index contributed by atoms with van der Waals surface area (Å²) in [5.74, 6) is 1.01. The van der Waals surface area contributed by atoms with E-state index < -0.39 is 24.5 Å². The molecule has 2 saturated heterocycles. The number of piperidine rings is 1. The molecule has 216 valence electrons. The van der Waals surface area contributed by atoms with Gasteiger partial charge in [-0.25, -0.2) is 0 Å². The molecule has 4 nitrogen and oxygen atoms in total. The molecule has 0 unspecified atom stereocenters. The van der Waals surface area contributed by atoms with Gasteiger partial charge in [0.05, 0.1) is 12.1 Å². The number of halogens is 6. The van der Waals surface area contributed by atoms with Crippen LogP contribution in [0.3, 0.4) is 0 Å². The minimum atomic E-state index is -4.37. The van der Waals surface area contributed by atoms with Gasteiger partial charge in [0.2, 0.25) is 0 Å². The molecular formula is C29H37F6N3O. The molecule has 10 heteroatoms. The number of aromatic nitrogens is 1. The molecule has 0 amide bonds. The third-order valence-corrected chi connectivity index (χ3v) is 9.18. The molecule has 2 aromatic rings. The maximum absolute atomic E-state index is 13.4. The summed E-state index contributed by atoms with van der Waals surface area (Å²) in [4.78, 5) is 5.89. The minimum Gasteiger partial charge on any atom is -0.381 e. The van der Waals surface area contributed by atoms with Crippen molar-refractivity contribution in [1.29, 1.82) is 0 Å². The lowest BCUT2D eigenvalue weighted by Crippen LogP contribution is -2.46. The Morgan fingerprint density at radius 3 is 2.64 bits per heavy atom. The summed E-state index contributed by atoms with van der Waals surface area (Å²) in [5, 5.41) is 3.12. The van der Waals surface area contributed by atoms with Gasteiger partial charge in [-0.1, -0.05) is 19.1 Å². The number of alkyl halides is 6. The molecule has 39 heavy (non-hydrogen) atoms. The predicted molar refractivity (Wildman–Crippen MR) is 139 cm³/mol. The predicted octanol–water partition coefficient (Wildman–Crippen LogP) is 6.68. The Balaban J connectivity index is 1.25. The Morgan fingerprint density at radius 2 is 1.92 bits per heavy atom. The quantitative estimate of drug-likeness (QED) is 0.227. The number of rotatable bonds is 7. The maximum Gasteiger partial charge on any atom is 0.416 e. The van der Waals surface area contributed by atoms with E-state index in [1.54, 1.807) is 6.07 Å². The van der Waals surface area contributed by atoms with Crippen molar-refractivity contribution in [2.75, 3.05) is 45.9 Å². The maximum atomic E-state index is 13.4. The average molecular weight is 558 g/mol. The van der Waals surface area contributed by atoms with Crippen molar-refractivity contribution in [1.82, 2.24) is 15.2 Å².